The third kappa shape index (κ3) is 6.06. The molecule has 1 amide bonds. The second kappa shape index (κ2) is 9.68. The van der Waals surface area contributed by atoms with Gasteiger partial charge in [-0.05, 0) is 11.8 Å². The largest absolute Gasteiger partial charge is 0.467 e. The molecule has 22 heavy (non-hydrogen) atoms. The molecule has 0 aliphatic carbocycles. The first kappa shape index (κ1) is 17.9. The van der Waals surface area contributed by atoms with Crippen molar-refractivity contribution in [3.05, 3.63) is 35.9 Å². The number of esters is 1. The molecule has 0 saturated carbocycles. The summed E-state index contributed by atoms with van der Waals surface area (Å²) in [6.45, 7) is 0.102. The van der Waals surface area contributed by atoms with E-state index in [4.69, 9.17) is 10.00 Å². The fourth-order valence-electron chi connectivity index (χ4n) is 1.68. The van der Waals surface area contributed by atoms with E-state index < -0.39 is 23.4 Å². The lowest BCUT2D eigenvalue weighted by Crippen LogP contribution is -2.43. The average Bonchev–Trinajstić information content (AvgIpc) is 2.56. The van der Waals surface area contributed by atoms with Crippen molar-refractivity contribution in [1.29, 1.82) is 5.26 Å². The van der Waals surface area contributed by atoms with Crippen LogP contribution in [-0.4, -0.2) is 36.7 Å². The number of thioether (sulfide) groups is 1. The number of benzene rings is 1. The van der Waals surface area contributed by atoms with Crippen molar-refractivity contribution >= 4 is 23.8 Å². The van der Waals surface area contributed by atoms with Gasteiger partial charge in [-0.1, -0.05) is 30.3 Å². The van der Waals surface area contributed by atoms with Crippen molar-refractivity contribution in [3.63, 3.8) is 0 Å². The molecule has 0 spiro atoms. The van der Waals surface area contributed by atoms with Crippen molar-refractivity contribution < 1.29 is 19.1 Å². The fraction of sp³-hybridized carbons (Fsp3) is 0.400. The summed E-state index contributed by atoms with van der Waals surface area (Å²) in [6.07, 6.45) is 1.19. The minimum atomic E-state index is -0.912. The van der Waals surface area contributed by atoms with E-state index in [9.17, 15) is 9.59 Å². The Labute approximate surface area is 133 Å². The minimum Gasteiger partial charge on any atom is -0.467 e. The SMILES string of the molecule is COC(=O)[C@H](CC(C#N)SC)NC(=O)OCc1ccccc1. The van der Waals surface area contributed by atoms with E-state index in [0.29, 0.717) is 0 Å². The van der Waals surface area contributed by atoms with Crippen molar-refractivity contribution in [1.82, 2.24) is 5.32 Å². The molecular formula is C15H18N2O4S. The minimum absolute atomic E-state index is 0.102. The molecule has 1 rings (SSSR count). The Morgan fingerprint density at radius 3 is 2.59 bits per heavy atom. The maximum atomic E-state index is 11.8. The van der Waals surface area contributed by atoms with Gasteiger partial charge in [0, 0.05) is 6.42 Å². The lowest BCUT2D eigenvalue weighted by molar-refractivity contribution is -0.143. The van der Waals surface area contributed by atoms with Gasteiger partial charge in [-0.3, -0.25) is 0 Å². The van der Waals surface area contributed by atoms with Gasteiger partial charge in [0.15, 0.2) is 0 Å². The molecule has 2 atom stereocenters. The molecule has 0 bridgehead atoms. The summed E-state index contributed by atoms with van der Waals surface area (Å²) in [5, 5.41) is 11.0. The van der Waals surface area contributed by atoms with Gasteiger partial charge in [-0.15, -0.1) is 11.8 Å². The first-order chi connectivity index (χ1) is 10.6. The quantitative estimate of drug-likeness (QED) is 0.773. The summed E-state index contributed by atoms with van der Waals surface area (Å²) in [7, 11) is 1.23. The van der Waals surface area contributed by atoms with Gasteiger partial charge < -0.3 is 14.8 Å². The van der Waals surface area contributed by atoms with E-state index >= 15 is 0 Å². The lowest BCUT2D eigenvalue weighted by Gasteiger charge is -2.18. The van der Waals surface area contributed by atoms with Crippen molar-refractivity contribution in [3.8, 4) is 6.07 Å². The van der Waals surface area contributed by atoms with E-state index in [0.717, 1.165) is 5.56 Å². The van der Waals surface area contributed by atoms with E-state index in [1.165, 1.54) is 18.9 Å². The van der Waals surface area contributed by atoms with Crippen molar-refractivity contribution in [2.75, 3.05) is 13.4 Å². The Morgan fingerprint density at radius 2 is 2.05 bits per heavy atom. The number of amides is 1. The molecule has 118 valence electrons. The van der Waals surface area contributed by atoms with Gasteiger partial charge in [0.05, 0.1) is 18.4 Å². The molecule has 0 aliphatic heterocycles. The van der Waals surface area contributed by atoms with Crippen LogP contribution in [0.1, 0.15) is 12.0 Å². The number of alkyl carbamates (subject to hydrolysis) is 1. The number of hydrogen-bond acceptors (Lipinski definition) is 6. The predicted molar refractivity (Wildman–Crippen MR) is 83.1 cm³/mol. The number of methoxy groups -OCH3 is 1. The predicted octanol–water partition coefficient (Wildman–Crippen LogP) is 2.10. The number of carbonyl (C=O) groups excluding carboxylic acids is 2. The topological polar surface area (TPSA) is 88.4 Å². The molecule has 1 aromatic rings. The van der Waals surface area contributed by atoms with Crippen LogP contribution in [0.4, 0.5) is 4.79 Å². The number of nitriles is 1. The Hall–Kier alpha value is -2.20. The Kier molecular flexibility index (Phi) is 7.86. The van der Waals surface area contributed by atoms with Crippen molar-refractivity contribution in [2.45, 2.75) is 24.3 Å². The Balaban J connectivity index is 2.55. The summed E-state index contributed by atoms with van der Waals surface area (Å²) in [5.41, 5.74) is 0.839. The van der Waals surface area contributed by atoms with Gasteiger partial charge in [0.2, 0.25) is 0 Å². The van der Waals surface area contributed by atoms with E-state index in [2.05, 4.69) is 16.1 Å². The van der Waals surface area contributed by atoms with Crippen LogP contribution >= 0.6 is 11.8 Å². The molecule has 0 heterocycles. The van der Waals surface area contributed by atoms with Gasteiger partial charge in [-0.2, -0.15) is 5.26 Å². The molecule has 1 N–H and O–H groups in total. The molecule has 0 saturated heterocycles. The summed E-state index contributed by atoms with van der Waals surface area (Å²) in [4.78, 5) is 23.5. The summed E-state index contributed by atoms with van der Waals surface area (Å²) >= 11 is 1.30. The molecule has 0 aromatic heterocycles. The standard InChI is InChI=1S/C15H18N2O4S/c1-20-14(18)13(8-12(9-16)22-2)17-15(19)21-10-11-6-4-3-5-7-11/h3-7,12-13H,8,10H2,1-2H3,(H,17,19)/t12?,13-/m0/s1. The molecule has 0 radical (unpaired) electrons. The average molecular weight is 322 g/mol. The van der Waals surface area contributed by atoms with Crippen LogP contribution in [0.3, 0.4) is 0 Å². The Bertz CT molecular complexity index is 530. The number of carbonyl (C=O) groups is 2. The normalized spacial score (nSPS) is 12.6. The zero-order valence-electron chi connectivity index (χ0n) is 12.4. The number of ether oxygens (including phenoxy) is 2. The third-order valence-electron chi connectivity index (χ3n) is 2.87. The fourth-order valence-corrected chi connectivity index (χ4v) is 2.17. The summed E-state index contributed by atoms with van der Waals surface area (Å²) in [6, 6.07) is 10.3. The zero-order valence-corrected chi connectivity index (χ0v) is 13.3. The highest BCUT2D eigenvalue weighted by molar-refractivity contribution is 7.99. The number of nitrogens with one attached hydrogen (secondary N) is 1. The van der Waals surface area contributed by atoms with E-state index in [-0.39, 0.29) is 13.0 Å². The van der Waals surface area contributed by atoms with E-state index in [1.54, 1.807) is 6.26 Å². The summed E-state index contributed by atoms with van der Waals surface area (Å²) < 4.78 is 9.69. The molecule has 0 fully saturated rings. The van der Waals surface area contributed by atoms with Gasteiger partial charge >= 0.3 is 12.1 Å². The Morgan fingerprint density at radius 1 is 1.36 bits per heavy atom. The smallest absolute Gasteiger partial charge is 0.408 e. The number of rotatable bonds is 7. The van der Waals surface area contributed by atoms with Crippen LogP contribution in [-0.2, 0) is 20.9 Å². The van der Waals surface area contributed by atoms with Crippen LogP contribution in [0.15, 0.2) is 30.3 Å². The van der Waals surface area contributed by atoms with E-state index in [1.807, 2.05) is 30.3 Å². The summed E-state index contributed by atoms with van der Waals surface area (Å²) in [5.74, 6) is -0.606. The van der Waals surface area contributed by atoms with Crippen LogP contribution in [0.25, 0.3) is 0 Å². The molecule has 0 aliphatic rings. The molecule has 6 nitrogen and oxygen atoms in total. The highest BCUT2D eigenvalue weighted by Gasteiger charge is 2.25. The molecule has 7 heteroatoms. The second-order valence-corrected chi connectivity index (χ2v) is 5.41. The second-order valence-electron chi connectivity index (χ2n) is 4.37. The monoisotopic (exact) mass is 322 g/mol. The first-order valence-corrected chi connectivity index (χ1v) is 7.87. The van der Waals surface area contributed by atoms with Crippen LogP contribution in [0.5, 0.6) is 0 Å². The maximum Gasteiger partial charge on any atom is 0.408 e. The molecule has 1 unspecified atom stereocenters. The molecular weight excluding hydrogens is 304 g/mol. The van der Waals surface area contributed by atoms with Crippen LogP contribution in [0, 0.1) is 11.3 Å². The first-order valence-electron chi connectivity index (χ1n) is 6.58. The lowest BCUT2D eigenvalue weighted by atomic mass is 10.1. The van der Waals surface area contributed by atoms with Crippen LogP contribution < -0.4 is 5.32 Å². The van der Waals surface area contributed by atoms with Crippen LogP contribution in [0.2, 0.25) is 0 Å². The zero-order chi connectivity index (χ0) is 16.4. The van der Waals surface area contributed by atoms with Gasteiger partial charge in [-0.25, -0.2) is 9.59 Å². The molecule has 1 aromatic carbocycles. The maximum absolute atomic E-state index is 11.8. The number of hydrogen-bond donors (Lipinski definition) is 1. The van der Waals surface area contributed by atoms with Crippen molar-refractivity contribution in [2.24, 2.45) is 0 Å². The van der Waals surface area contributed by atoms with Gasteiger partial charge in [0.1, 0.15) is 12.6 Å². The highest BCUT2D eigenvalue weighted by Crippen LogP contribution is 2.13. The highest BCUT2D eigenvalue weighted by atomic mass is 32.2. The number of nitrogens with zero attached hydrogens (tertiary/aromatic N) is 1. The van der Waals surface area contributed by atoms with Gasteiger partial charge in [0.25, 0.3) is 0 Å². The third-order valence-corrected chi connectivity index (χ3v) is 3.74.